The number of piperidine rings is 1. The standard InChI is InChI=1S/C20H29N3O3S/c1-4-23-16(12-22-10-7-6-8-14(22)3)17(19(24)26-5-2)18(21-20(23)25)15-9-11-27-13-15/h9,11,13-14,18H,4-8,10,12H2,1-3H3,(H,21,25). The molecule has 1 aromatic heterocycles. The average Bonchev–Trinajstić information content (AvgIpc) is 3.18. The fourth-order valence-electron chi connectivity index (χ4n) is 3.93. The van der Waals surface area contributed by atoms with Crippen LogP contribution in [0.15, 0.2) is 28.1 Å². The highest BCUT2D eigenvalue weighted by Gasteiger charge is 2.38. The number of thiophene rings is 1. The second-order valence-corrected chi connectivity index (χ2v) is 7.86. The van der Waals surface area contributed by atoms with E-state index in [4.69, 9.17) is 4.74 Å². The van der Waals surface area contributed by atoms with Gasteiger partial charge in [0.25, 0.3) is 0 Å². The quantitative estimate of drug-likeness (QED) is 0.754. The summed E-state index contributed by atoms with van der Waals surface area (Å²) in [5, 5.41) is 6.94. The number of urea groups is 1. The largest absolute Gasteiger partial charge is 0.463 e. The molecule has 0 bridgehead atoms. The molecule has 6 nitrogen and oxygen atoms in total. The second kappa shape index (κ2) is 8.89. The number of nitrogens with one attached hydrogen (secondary N) is 1. The lowest BCUT2D eigenvalue weighted by molar-refractivity contribution is -0.139. The van der Waals surface area contributed by atoms with Crippen LogP contribution in [0.4, 0.5) is 4.79 Å². The smallest absolute Gasteiger partial charge is 0.338 e. The lowest BCUT2D eigenvalue weighted by Crippen LogP contribution is -2.52. The zero-order valence-corrected chi connectivity index (χ0v) is 17.2. The minimum atomic E-state index is -0.458. The number of likely N-dealkylation sites (tertiary alicyclic amines) is 1. The molecule has 2 atom stereocenters. The maximum absolute atomic E-state index is 12.9. The van der Waals surface area contributed by atoms with Crippen LogP contribution in [0.25, 0.3) is 0 Å². The van der Waals surface area contributed by atoms with Crippen LogP contribution < -0.4 is 5.32 Å². The lowest BCUT2D eigenvalue weighted by atomic mass is 9.95. The molecule has 1 saturated heterocycles. The highest BCUT2D eigenvalue weighted by Crippen LogP contribution is 2.33. The molecule has 2 unspecified atom stereocenters. The Bertz CT molecular complexity index is 701. The van der Waals surface area contributed by atoms with Gasteiger partial charge in [-0.15, -0.1) is 0 Å². The molecule has 0 aliphatic carbocycles. The normalized spacial score (nSPS) is 24.1. The monoisotopic (exact) mass is 391 g/mol. The molecule has 0 aromatic carbocycles. The molecule has 1 fully saturated rings. The van der Waals surface area contributed by atoms with E-state index in [0.29, 0.717) is 31.3 Å². The summed E-state index contributed by atoms with van der Waals surface area (Å²) in [7, 11) is 0. The number of nitrogens with zero attached hydrogens (tertiary/aromatic N) is 2. The van der Waals surface area contributed by atoms with Gasteiger partial charge in [0, 0.05) is 24.8 Å². The van der Waals surface area contributed by atoms with Gasteiger partial charge in [0.05, 0.1) is 18.2 Å². The third-order valence-corrected chi connectivity index (χ3v) is 6.12. The Morgan fingerprint density at radius 2 is 2.19 bits per heavy atom. The minimum Gasteiger partial charge on any atom is -0.463 e. The molecular weight excluding hydrogens is 362 g/mol. The molecule has 27 heavy (non-hydrogen) atoms. The van der Waals surface area contributed by atoms with Crippen molar-refractivity contribution in [1.29, 1.82) is 0 Å². The first-order chi connectivity index (χ1) is 13.1. The van der Waals surface area contributed by atoms with Crippen molar-refractivity contribution in [2.24, 2.45) is 0 Å². The van der Waals surface area contributed by atoms with Gasteiger partial charge in [-0.2, -0.15) is 11.3 Å². The predicted octanol–water partition coefficient (Wildman–Crippen LogP) is 3.53. The number of carbonyl (C=O) groups excluding carboxylic acids is 2. The summed E-state index contributed by atoms with van der Waals surface area (Å²) in [5.41, 5.74) is 2.27. The van der Waals surface area contributed by atoms with Crippen molar-refractivity contribution in [2.45, 2.75) is 52.1 Å². The van der Waals surface area contributed by atoms with Crippen LogP contribution >= 0.6 is 11.3 Å². The van der Waals surface area contributed by atoms with Crippen molar-refractivity contribution >= 4 is 23.3 Å². The van der Waals surface area contributed by atoms with Gasteiger partial charge in [0.1, 0.15) is 0 Å². The maximum Gasteiger partial charge on any atom is 0.338 e. The van der Waals surface area contributed by atoms with Gasteiger partial charge < -0.3 is 10.1 Å². The highest BCUT2D eigenvalue weighted by molar-refractivity contribution is 7.08. The summed E-state index contributed by atoms with van der Waals surface area (Å²) in [5.74, 6) is -0.341. The molecule has 2 aliphatic heterocycles. The van der Waals surface area contributed by atoms with Crippen LogP contribution in [0.1, 0.15) is 51.6 Å². The summed E-state index contributed by atoms with van der Waals surface area (Å²) < 4.78 is 5.39. The first-order valence-corrected chi connectivity index (χ1v) is 10.7. The molecule has 1 N–H and O–H groups in total. The van der Waals surface area contributed by atoms with Gasteiger partial charge >= 0.3 is 12.0 Å². The Hall–Kier alpha value is -1.86. The number of hydrogen-bond acceptors (Lipinski definition) is 5. The number of esters is 1. The Kier molecular flexibility index (Phi) is 6.55. The maximum atomic E-state index is 12.9. The molecule has 0 spiro atoms. The summed E-state index contributed by atoms with van der Waals surface area (Å²) >= 11 is 1.56. The highest BCUT2D eigenvalue weighted by atomic mass is 32.1. The Balaban J connectivity index is 2.05. The van der Waals surface area contributed by atoms with Crippen LogP contribution in [0.5, 0.6) is 0 Å². The molecule has 1 aromatic rings. The van der Waals surface area contributed by atoms with E-state index in [0.717, 1.165) is 30.6 Å². The van der Waals surface area contributed by atoms with Crippen LogP contribution in [0, 0.1) is 0 Å². The Morgan fingerprint density at radius 3 is 2.81 bits per heavy atom. The third-order valence-electron chi connectivity index (χ3n) is 5.42. The molecular formula is C20H29N3O3S. The Morgan fingerprint density at radius 1 is 1.37 bits per heavy atom. The van der Waals surface area contributed by atoms with Gasteiger partial charge in [0.2, 0.25) is 0 Å². The molecule has 2 aliphatic rings. The van der Waals surface area contributed by atoms with Crippen LogP contribution in [0.3, 0.4) is 0 Å². The number of likely N-dealkylation sites (N-methyl/N-ethyl adjacent to an activating group) is 1. The van der Waals surface area contributed by atoms with Crippen molar-refractivity contribution in [3.63, 3.8) is 0 Å². The summed E-state index contributed by atoms with van der Waals surface area (Å²) in [6.07, 6.45) is 3.53. The van der Waals surface area contributed by atoms with Gasteiger partial charge in [-0.1, -0.05) is 6.42 Å². The van der Waals surface area contributed by atoms with Gasteiger partial charge in [-0.3, -0.25) is 9.80 Å². The topological polar surface area (TPSA) is 61.9 Å². The van der Waals surface area contributed by atoms with E-state index >= 15 is 0 Å². The van der Waals surface area contributed by atoms with E-state index in [-0.39, 0.29) is 12.0 Å². The van der Waals surface area contributed by atoms with E-state index in [9.17, 15) is 9.59 Å². The summed E-state index contributed by atoms with van der Waals surface area (Å²) in [6.45, 7) is 8.38. The molecule has 2 amide bonds. The summed E-state index contributed by atoms with van der Waals surface area (Å²) in [4.78, 5) is 29.8. The second-order valence-electron chi connectivity index (χ2n) is 7.08. The molecule has 0 saturated carbocycles. The van der Waals surface area contributed by atoms with Crippen LogP contribution in [0.2, 0.25) is 0 Å². The average molecular weight is 392 g/mol. The number of rotatable bonds is 6. The Labute approximate surface area is 165 Å². The van der Waals surface area contributed by atoms with Crippen molar-refractivity contribution in [2.75, 3.05) is 26.2 Å². The van der Waals surface area contributed by atoms with Crippen molar-refractivity contribution in [3.8, 4) is 0 Å². The number of ether oxygens (including phenoxy) is 1. The van der Waals surface area contributed by atoms with Crippen molar-refractivity contribution in [1.82, 2.24) is 15.1 Å². The van der Waals surface area contributed by atoms with E-state index in [2.05, 4.69) is 17.1 Å². The minimum absolute atomic E-state index is 0.151. The molecule has 0 radical (unpaired) electrons. The SMILES string of the molecule is CCOC(=O)C1=C(CN2CCCCC2C)N(CC)C(=O)NC1c1ccsc1. The lowest BCUT2D eigenvalue weighted by Gasteiger charge is -2.40. The van der Waals surface area contributed by atoms with Gasteiger partial charge in [-0.05, 0) is 62.5 Å². The van der Waals surface area contributed by atoms with Crippen molar-refractivity contribution < 1.29 is 14.3 Å². The molecule has 7 heteroatoms. The fraction of sp³-hybridized carbons (Fsp3) is 0.600. The molecule has 148 valence electrons. The van der Waals surface area contributed by atoms with E-state index in [1.165, 1.54) is 6.42 Å². The van der Waals surface area contributed by atoms with E-state index in [1.807, 2.05) is 30.7 Å². The molecule has 3 heterocycles. The zero-order valence-electron chi connectivity index (χ0n) is 16.4. The molecule has 3 rings (SSSR count). The van der Waals surface area contributed by atoms with Gasteiger partial charge in [0.15, 0.2) is 0 Å². The van der Waals surface area contributed by atoms with Crippen molar-refractivity contribution in [3.05, 3.63) is 33.7 Å². The zero-order chi connectivity index (χ0) is 19.4. The number of amides is 2. The van der Waals surface area contributed by atoms with Gasteiger partial charge in [-0.25, -0.2) is 9.59 Å². The van der Waals surface area contributed by atoms with E-state index < -0.39 is 6.04 Å². The van der Waals surface area contributed by atoms with Crippen LogP contribution in [-0.4, -0.2) is 54.1 Å². The van der Waals surface area contributed by atoms with Crippen LogP contribution in [-0.2, 0) is 9.53 Å². The predicted molar refractivity (Wildman–Crippen MR) is 107 cm³/mol. The number of carbonyl (C=O) groups is 2. The number of hydrogen-bond donors (Lipinski definition) is 1. The third kappa shape index (κ3) is 4.19. The fourth-order valence-corrected chi connectivity index (χ4v) is 4.62. The first kappa shape index (κ1) is 19.9. The summed E-state index contributed by atoms with van der Waals surface area (Å²) in [6, 6.07) is 1.79. The first-order valence-electron chi connectivity index (χ1n) is 9.81. The van der Waals surface area contributed by atoms with E-state index in [1.54, 1.807) is 16.2 Å².